The summed E-state index contributed by atoms with van der Waals surface area (Å²) in [5.41, 5.74) is -0.929. The summed E-state index contributed by atoms with van der Waals surface area (Å²) in [6, 6.07) is 0. The molecule has 0 radical (unpaired) electrons. The van der Waals surface area contributed by atoms with E-state index in [4.69, 9.17) is 4.74 Å². The highest BCUT2D eigenvalue weighted by Crippen LogP contribution is 2.11. The van der Waals surface area contributed by atoms with Gasteiger partial charge in [0.1, 0.15) is 6.61 Å². The molecule has 0 fully saturated rings. The topological polar surface area (TPSA) is 46.5 Å². The third-order valence-electron chi connectivity index (χ3n) is 1.89. The van der Waals surface area contributed by atoms with Gasteiger partial charge >= 0.3 is 5.97 Å². The van der Waals surface area contributed by atoms with Crippen molar-refractivity contribution >= 4 is 5.97 Å². The predicted molar refractivity (Wildman–Crippen MR) is 51.3 cm³/mol. The zero-order chi connectivity index (χ0) is 10.5. The number of ether oxygens (including phenoxy) is 1. The number of hydrogen-bond donors (Lipinski definition) is 1. The van der Waals surface area contributed by atoms with Crippen LogP contribution in [-0.2, 0) is 9.53 Å². The molecular formula is C10H20O3. The van der Waals surface area contributed by atoms with Crippen molar-refractivity contribution in [1.82, 2.24) is 0 Å². The molecule has 0 aromatic rings. The molecule has 0 saturated carbocycles. The maximum Gasteiger partial charge on any atom is 0.309 e. The molecule has 0 rings (SSSR count). The molecule has 0 amide bonds. The molecule has 0 saturated heterocycles. The summed E-state index contributed by atoms with van der Waals surface area (Å²) in [4.78, 5) is 11.3. The van der Waals surface area contributed by atoms with E-state index in [-0.39, 0.29) is 18.5 Å². The summed E-state index contributed by atoms with van der Waals surface area (Å²) in [6.45, 7) is 7.22. The number of esters is 1. The van der Waals surface area contributed by atoms with Crippen molar-refractivity contribution in [2.45, 2.75) is 46.1 Å². The van der Waals surface area contributed by atoms with Gasteiger partial charge in [0.25, 0.3) is 0 Å². The fourth-order valence-corrected chi connectivity index (χ4v) is 0.988. The molecule has 78 valence electrons. The summed E-state index contributed by atoms with van der Waals surface area (Å²) >= 11 is 0. The minimum Gasteiger partial charge on any atom is -0.462 e. The maximum absolute atomic E-state index is 11.3. The molecule has 1 N–H and O–H groups in total. The van der Waals surface area contributed by atoms with Gasteiger partial charge in [0, 0.05) is 0 Å². The quantitative estimate of drug-likeness (QED) is 0.668. The van der Waals surface area contributed by atoms with Gasteiger partial charge in [-0.1, -0.05) is 13.8 Å². The number of aliphatic hydroxyl groups is 1. The lowest BCUT2D eigenvalue weighted by Crippen LogP contribution is -2.30. The Morgan fingerprint density at radius 1 is 1.38 bits per heavy atom. The average molecular weight is 188 g/mol. The van der Waals surface area contributed by atoms with Crippen LogP contribution in [0.2, 0.25) is 0 Å². The monoisotopic (exact) mass is 188 g/mol. The largest absolute Gasteiger partial charge is 0.462 e. The van der Waals surface area contributed by atoms with Crippen molar-refractivity contribution in [1.29, 1.82) is 0 Å². The second-order valence-electron chi connectivity index (χ2n) is 3.93. The van der Waals surface area contributed by atoms with E-state index in [1.54, 1.807) is 13.8 Å². The summed E-state index contributed by atoms with van der Waals surface area (Å²) in [6.07, 6.45) is 1.59. The first-order chi connectivity index (χ1) is 5.90. The van der Waals surface area contributed by atoms with Gasteiger partial charge in [-0.3, -0.25) is 4.79 Å². The molecule has 0 heterocycles. The SMILES string of the molecule is CCC(CC)C(=O)OCC(C)(C)O. The van der Waals surface area contributed by atoms with Gasteiger partial charge in [-0.15, -0.1) is 0 Å². The van der Waals surface area contributed by atoms with E-state index in [9.17, 15) is 9.90 Å². The Balaban J connectivity index is 3.86. The molecule has 13 heavy (non-hydrogen) atoms. The predicted octanol–water partition coefficient (Wildman–Crippen LogP) is 1.74. The van der Waals surface area contributed by atoms with Gasteiger partial charge < -0.3 is 9.84 Å². The third-order valence-corrected chi connectivity index (χ3v) is 1.89. The summed E-state index contributed by atoms with van der Waals surface area (Å²) in [5, 5.41) is 9.32. The van der Waals surface area contributed by atoms with E-state index in [0.717, 1.165) is 12.8 Å². The van der Waals surface area contributed by atoms with Crippen LogP contribution in [0.25, 0.3) is 0 Å². The van der Waals surface area contributed by atoms with Crippen LogP contribution in [0.4, 0.5) is 0 Å². The van der Waals surface area contributed by atoms with E-state index in [2.05, 4.69) is 0 Å². The highest BCUT2D eigenvalue weighted by Gasteiger charge is 2.20. The van der Waals surface area contributed by atoms with Crippen LogP contribution in [0.3, 0.4) is 0 Å². The molecular weight excluding hydrogens is 168 g/mol. The van der Waals surface area contributed by atoms with Gasteiger partial charge in [0.2, 0.25) is 0 Å². The Morgan fingerprint density at radius 2 is 1.85 bits per heavy atom. The Hall–Kier alpha value is -0.570. The van der Waals surface area contributed by atoms with Gasteiger partial charge in [0.05, 0.1) is 11.5 Å². The van der Waals surface area contributed by atoms with Crippen molar-refractivity contribution in [2.24, 2.45) is 5.92 Å². The molecule has 0 unspecified atom stereocenters. The minimum atomic E-state index is -0.929. The van der Waals surface area contributed by atoms with Crippen LogP contribution >= 0.6 is 0 Å². The van der Waals surface area contributed by atoms with Gasteiger partial charge in [-0.25, -0.2) is 0 Å². The van der Waals surface area contributed by atoms with E-state index in [1.807, 2.05) is 13.8 Å². The first kappa shape index (κ1) is 12.4. The Labute approximate surface area is 80.1 Å². The number of carbonyl (C=O) groups is 1. The summed E-state index contributed by atoms with van der Waals surface area (Å²) in [7, 11) is 0. The lowest BCUT2D eigenvalue weighted by molar-refractivity contribution is -0.154. The van der Waals surface area contributed by atoms with Crippen LogP contribution in [0.1, 0.15) is 40.5 Å². The zero-order valence-electron chi connectivity index (χ0n) is 8.96. The molecule has 0 aliphatic heterocycles. The van der Waals surface area contributed by atoms with Crippen LogP contribution in [0.15, 0.2) is 0 Å². The van der Waals surface area contributed by atoms with Crippen LogP contribution in [0, 0.1) is 5.92 Å². The Morgan fingerprint density at radius 3 is 2.15 bits per heavy atom. The molecule has 0 aliphatic carbocycles. The van der Waals surface area contributed by atoms with E-state index in [0.29, 0.717) is 0 Å². The standard InChI is InChI=1S/C10H20O3/c1-5-8(6-2)9(11)13-7-10(3,4)12/h8,12H,5-7H2,1-4H3. The van der Waals surface area contributed by atoms with E-state index < -0.39 is 5.60 Å². The van der Waals surface area contributed by atoms with Crippen molar-refractivity contribution in [3.63, 3.8) is 0 Å². The Kier molecular flexibility index (Phi) is 4.99. The average Bonchev–Trinajstić information content (AvgIpc) is 2.02. The van der Waals surface area contributed by atoms with Crippen LogP contribution in [-0.4, -0.2) is 23.3 Å². The number of rotatable bonds is 5. The molecule has 0 aromatic heterocycles. The van der Waals surface area contributed by atoms with E-state index in [1.165, 1.54) is 0 Å². The maximum atomic E-state index is 11.3. The number of carbonyl (C=O) groups excluding carboxylic acids is 1. The van der Waals surface area contributed by atoms with Crippen molar-refractivity contribution in [2.75, 3.05) is 6.61 Å². The van der Waals surface area contributed by atoms with Crippen LogP contribution in [0.5, 0.6) is 0 Å². The smallest absolute Gasteiger partial charge is 0.309 e. The lowest BCUT2D eigenvalue weighted by atomic mass is 10.0. The molecule has 0 aromatic carbocycles. The molecule has 0 aliphatic rings. The Bertz CT molecular complexity index is 154. The highest BCUT2D eigenvalue weighted by molar-refractivity contribution is 5.72. The molecule has 3 nitrogen and oxygen atoms in total. The first-order valence-electron chi connectivity index (χ1n) is 4.79. The van der Waals surface area contributed by atoms with Crippen molar-refractivity contribution < 1.29 is 14.6 Å². The minimum absolute atomic E-state index is 0.0256. The molecule has 3 heteroatoms. The summed E-state index contributed by atoms with van der Waals surface area (Å²) < 4.78 is 4.96. The van der Waals surface area contributed by atoms with Gasteiger partial charge in [-0.2, -0.15) is 0 Å². The third kappa shape index (κ3) is 5.64. The summed E-state index contributed by atoms with van der Waals surface area (Å²) in [5.74, 6) is -0.227. The second kappa shape index (κ2) is 5.22. The first-order valence-corrected chi connectivity index (χ1v) is 4.79. The van der Waals surface area contributed by atoms with Crippen molar-refractivity contribution in [3.8, 4) is 0 Å². The van der Waals surface area contributed by atoms with Gasteiger partial charge in [-0.05, 0) is 26.7 Å². The number of hydrogen-bond acceptors (Lipinski definition) is 3. The lowest BCUT2D eigenvalue weighted by Gasteiger charge is -2.19. The molecule has 0 spiro atoms. The van der Waals surface area contributed by atoms with Crippen LogP contribution < -0.4 is 0 Å². The zero-order valence-corrected chi connectivity index (χ0v) is 8.96. The highest BCUT2D eigenvalue weighted by atomic mass is 16.5. The normalized spacial score (nSPS) is 11.8. The van der Waals surface area contributed by atoms with Gasteiger partial charge in [0.15, 0.2) is 0 Å². The second-order valence-corrected chi connectivity index (χ2v) is 3.93. The van der Waals surface area contributed by atoms with E-state index >= 15 is 0 Å². The fraction of sp³-hybridized carbons (Fsp3) is 0.900. The molecule has 0 atom stereocenters. The molecule has 0 bridgehead atoms. The van der Waals surface area contributed by atoms with Crippen molar-refractivity contribution in [3.05, 3.63) is 0 Å². The fourth-order valence-electron chi connectivity index (χ4n) is 0.988.